The predicted molar refractivity (Wildman–Crippen MR) is 77.3 cm³/mol. The Morgan fingerprint density at radius 2 is 2.05 bits per heavy atom. The van der Waals surface area contributed by atoms with Gasteiger partial charge in [0.2, 0.25) is 0 Å². The van der Waals surface area contributed by atoms with Gasteiger partial charge in [-0.15, -0.1) is 0 Å². The maximum atomic E-state index is 12.1. The second-order valence-corrected chi connectivity index (χ2v) is 4.33. The van der Waals surface area contributed by atoms with Crippen LogP contribution < -0.4 is 15.0 Å². The van der Waals surface area contributed by atoms with Gasteiger partial charge in [-0.3, -0.25) is 4.79 Å². The Kier molecular flexibility index (Phi) is 3.53. The zero-order valence-corrected chi connectivity index (χ0v) is 11.6. The summed E-state index contributed by atoms with van der Waals surface area (Å²) in [5.41, 5.74) is -0.623. The molecule has 0 aliphatic heterocycles. The summed E-state index contributed by atoms with van der Waals surface area (Å²) < 4.78 is 15.6. The minimum atomic E-state index is -0.623. The summed E-state index contributed by atoms with van der Waals surface area (Å²) in [7, 11) is 1.52. The Balaban J connectivity index is 1.96. The van der Waals surface area contributed by atoms with Crippen molar-refractivity contribution >= 4 is 0 Å². The maximum absolute atomic E-state index is 12.1. The maximum Gasteiger partial charge on any atom is 0.298 e. The van der Waals surface area contributed by atoms with Crippen molar-refractivity contribution in [2.75, 3.05) is 7.11 Å². The number of H-pyrrole nitrogens is 1. The van der Waals surface area contributed by atoms with Gasteiger partial charge >= 0.3 is 0 Å². The third kappa shape index (κ3) is 2.64. The Hall–Kier alpha value is -3.22. The van der Waals surface area contributed by atoms with Gasteiger partial charge in [0.25, 0.3) is 17.2 Å². The quantitative estimate of drug-likeness (QED) is 0.768. The molecule has 7 heteroatoms. The average Bonchev–Trinajstić information content (AvgIpc) is 3.05. The number of hydrogen-bond acceptors (Lipinski definition) is 6. The molecule has 0 aliphatic rings. The number of furan rings is 1. The number of hydrogen-bond donors (Lipinski definition) is 2. The summed E-state index contributed by atoms with van der Waals surface area (Å²) in [5, 5.41) is 9.93. The van der Waals surface area contributed by atoms with Crippen molar-refractivity contribution in [3.8, 4) is 34.7 Å². The Morgan fingerprint density at radius 3 is 2.73 bits per heavy atom. The highest BCUT2D eigenvalue weighted by molar-refractivity contribution is 5.49. The van der Waals surface area contributed by atoms with E-state index in [1.165, 1.54) is 13.4 Å². The molecular formula is C15H12N2O5. The number of nitrogens with zero attached hydrogens (tertiary/aromatic N) is 1. The van der Waals surface area contributed by atoms with Crippen molar-refractivity contribution in [1.82, 2.24) is 9.97 Å². The molecule has 2 aromatic heterocycles. The van der Waals surface area contributed by atoms with E-state index in [1.54, 1.807) is 36.4 Å². The zero-order chi connectivity index (χ0) is 15.5. The standard InChI is InChI=1S/C15H12N2O5/c1-20-9-4-2-5-10(8-9)22-12-14(18)16-13(17-15(12)19)11-6-3-7-21-11/h2-8H,1H3,(H2,16,17,18,19). The number of ether oxygens (including phenoxy) is 2. The third-order valence-electron chi connectivity index (χ3n) is 2.87. The van der Waals surface area contributed by atoms with Crippen LogP contribution in [0.1, 0.15) is 0 Å². The van der Waals surface area contributed by atoms with Crippen LogP contribution in [-0.2, 0) is 0 Å². The van der Waals surface area contributed by atoms with Crippen LogP contribution in [0.5, 0.6) is 23.1 Å². The van der Waals surface area contributed by atoms with E-state index in [-0.39, 0.29) is 11.6 Å². The SMILES string of the molecule is COc1cccc(Oc2c(O)nc(-c3ccco3)[nH]c2=O)c1. The van der Waals surface area contributed by atoms with Gasteiger partial charge in [0.05, 0.1) is 13.4 Å². The van der Waals surface area contributed by atoms with Gasteiger partial charge in [0, 0.05) is 6.07 Å². The van der Waals surface area contributed by atoms with Crippen LogP contribution in [0.4, 0.5) is 0 Å². The molecule has 0 unspecified atom stereocenters. The monoisotopic (exact) mass is 300 g/mol. The summed E-state index contributed by atoms with van der Waals surface area (Å²) in [6.45, 7) is 0. The number of methoxy groups -OCH3 is 1. The minimum absolute atomic E-state index is 0.116. The van der Waals surface area contributed by atoms with E-state index in [2.05, 4.69) is 9.97 Å². The lowest BCUT2D eigenvalue weighted by atomic mass is 10.3. The first kappa shape index (κ1) is 13.7. The summed E-state index contributed by atoms with van der Waals surface area (Å²) in [6.07, 6.45) is 1.44. The molecule has 0 saturated carbocycles. The Morgan fingerprint density at radius 1 is 1.23 bits per heavy atom. The van der Waals surface area contributed by atoms with Crippen molar-refractivity contribution in [3.05, 3.63) is 53.0 Å². The summed E-state index contributed by atoms with van der Waals surface area (Å²) in [6, 6.07) is 9.90. The summed E-state index contributed by atoms with van der Waals surface area (Å²) in [5.74, 6) is 0.522. The number of aromatic amines is 1. The molecule has 112 valence electrons. The molecule has 0 radical (unpaired) electrons. The van der Waals surface area contributed by atoms with Crippen molar-refractivity contribution in [3.63, 3.8) is 0 Å². The minimum Gasteiger partial charge on any atom is -0.497 e. The third-order valence-corrected chi connectivity index (χ3v) is 2.87. The van der Waals surface area contributed by atoms with E-state index in [0.29, 0.717) is 17.3 Å². The van der Waals surface area contributed by atoms with Crippen LogP contribution in [0, 0.1) is 0 Å². The topological polar surface area (TPSA) is 97.6 Å². The van der Waals surface area contributed by atoms with E-state index >= 15 is 0 Å². The lowest BCUT2D eigenvalue weighted by Crippen LogP contribution is -2.11. The fourth-order valence-electron chi connectivity index (χ4n) is 1.85. The average molecular weight is 300 g/mol. The van der Waals surface area contributed by atoms with E-state index in [9.17, 15) is 9.90 Å². The second-order valence-electron chi connectivity index (χ2n) is 4.33. The first-order valence-corrected chi connectivity index (χ1v) is 6.36. The molecule has 22 heavy (non-hydrogen) atoms. The van der Waals surface area contributed by atoms with Crippen molar-refractivity contribution in [2.24, 2.45) is 0 Å². The van der Waals surface area contributed by atoms with E-state index in [4.69, 9.17) is 13.9 Å². The van der Waals surface area contributed by atoms with E-state index in [0.717, 1.165) is 0 Å². The van der Waals surface area contributed by atoms with Gasteiger partial charge in [0.1, 0.15) is 11.5 Å². The molecule has 0 saturated heterocycles. The Bertz CT molecular complexity index is 839. The smallest absolute Gasteiger partial charge is 0.298 e. The molecule has 7 nitrogen and oxygen atoms in total. The molecule has 0 atom stereocenters. The van der Waals surface area contributed by atoms with Crippen LogP contribution in [0.2, 0.25) is 0 Å². The molecule has 0 aliphatic carbocycles. The molecule has 2 N–H and O–H groups in total. The molecule has 3 rings (SSSR count). The molecule has 3 aromatic rings. The number of aromatic nitrogens is 2. The highest BCUT2D eigenvalue weighted by Crippen LogP contribution is 2.28. The lowest BCUT2D eigenvalue weighted by Gasteiger charge is -2.08. The first-order valence-electron chi connectivity index (χ1n) is 6.36. The van der Waals surface area contributed by atoms with Gasteiger partial charge in [0.15, 0.2) is 11.6 Å². The lowest BCUT2D eigenvalue weighted by molar-refractivity contribution is 0.384. The number of aromatic hydroxyl groups is 1. The fraction of sp³-hybridized carbons (Fsp3) is 0.0667. The molecular weight excluding hydrogens is 288 g/mol. The number of benzene rings is 1. The number of rotatable bonds is 4. The highest BCUT2D eigenvalue weighted by atomic mass is 16.5. The van der Waals surface area contributed by atoms with E-state index in [1.807, 2.05) is 0 Å². The van der Waals surface area contributed by atoms with E-state index < -0.39 is 11.4 Å². The Labute approximate surface area is 124 Å². The van der Waals surface area contributed by atoms with Crippen molar-refractivity contribution in [1.29, 1.82) is 0 Å². The van der Waals surface area contributed by atoms with Crippen LogP contribution in [0.3, 0.4) is 0 Å². The van der Waals surface area contributed by atoms with Gasteiger partial charge in [-0.25, -0.2) is 0 Å². The fourth-order valence-corrected chi connectivity index (χ4v) is 1.85. The van der Waals surface area contributed by atoms with Gasteiger partial charge < -0.3 is 24.0 Å². The molecule has 0 bridgehead atoms. The molecule has 1 aromatic carbocycles. The predicted octanol–water partition coefficient (Wildman–Crippen LogP) is 2.54. The molecule has 2 heterocycles. The zero-order valence-electron chi connectivity index (χ0n) is 11.6. The molecule has 0 fully saturated rings. The van der Waals surface area contributed by atoms with Gasteiger partial charge in [-0.2, -0.15) is 4.98 Å². The summed E-state index contributed by atoms with van der Waals surface area (Å²) >= 11 is 0. The van der Waals surface area contributed by atoms with Crippen LogP contribution in [0.25, 0.3) is 11.6 Å². The first-order chi connectivity index (χ1) is 10.7. The van der Waals surface area contributed by atoms with Gasteiger partial charge in [-0.05, 0) is 24.3 Å². The highest BCUT2D eigenvalue weighted by Gasteiger charge is 2.15. The van der Waals surface area contributed by atoms with Crippen LogP contribution in [0.15, 0.2) is 51.9 Å². The largest absolute Gasteiger partial charge is 0.497 e. The van der Waals surface area contributed by atoms with Crippen LogP contribution in [-0.4, -0.2) is 22.2 Å². The molecule has 0 amide bonds. The van der Waals surface area contributed by atoms with Crippen molar-refractivity contribution in [2.45, 2.75) is 0 Å². The van der Waals surface area contributed by atoms with Gasteiger partial charge in [-0.1, -0.05) is 6.07 Å². The summed E-state index contributed by atoms with van der Waals surface area (Å²) in [4.78, 5) is 18.4. The normalized spacial score (nSPS) is 10.4. The van der Waals surface area contributed by atoms with Crippen LogP contribution >= 0.6 is 0 Å². The molecule has 0 spiro atoms. The number of nitrogens with one attached hydrogen (secondary N) is 1. The van der Waals surface area contributed by atoms with Crippen molar-refractivity contribution < 1.29 is 19.0 Å². The second kappa shape index (κ2) is 5.65.